The average molecular weight is 344 g/mol. The van der Waals surface area contributed by atoms with Gasteiger partial charge in [0.25, 0.3) is 11.8 Å². The molecule has 2 aromatic rings. The van der Waals surface area contributed by atoms with E-state index in [1.807, 2.05) is 17.9 Å². The van der Waals surface area contributed by atoms with Gasteiger partial charge in [-0.2, -0.15) is 0 Å². The Bertz CT molecular complexity index is 766. The molecule has 0 bridgehead atoms. The van der Waals surface area contributed by atoms with E-state index in [1.54, 1.807) is 17.5 Å². The number of hydrogen-bond acceptors (Lipinski definition) is 5. The van der Waals surface area contributed by atoms with E-state index >= 15 is 0 Å². The molecule has 1 aromatic carbocycles. The molecule has 24 heavy (non-hydrogen) atoms. The SMILES string of the molecule is Cc1cc(C(=O)N2CCCC2)ccc1NC(=O)c1csc(CN)n1. The summed E-state index contributed by atoms with van der Waals surface area (Å²) in [5, 5.41) is 5.26. The van der Waals surface area contributed by atoms with Crippen molar-refractivity contribution in [2.24, 2.45) is 5.73 Å². The minimum absolute atomic E-state index is 0.0561. The first-order chi connectivity index (χ1) is 11.6. The zero-order valence-corrected chi connectivity index (χ0v) is 14.4. The smallest absolute Gasteiger partial charge is 0.275 e. The van der Waals surface area contributed by atoms with E-state index in [0.717, 1.165) is 36.5 Å². The molecule has 1 saturated heterocycles. The van der Waals surface area contributed by atoms with Crippen molar-refractivity contribution in [2.75, 3.05) is 18.4 Å². The van der Waals surface area contributed by atoms with Crippen LogP contribution in [0.15, 0.2) is 23.6 Å². The quantitative estimate of drug-likeness (QED) is 0.891. The summed E-state index contributed by atoms with van der Waals surface area (Å²) in [6.45, 7) is 3.85. The lowest BCUT2D eigenvalue weighted by molar-refractivity contribution is 0.0792. The van der Waals surface area contributed by atoms with Crippen LogP contribution in [0.4, 0.5) is 5.69 Å². The number of nitrogens with zero attached hydrogens (tertiary/aromatic N) is 2. The van der Waals surface area contributed by atoms with Crippen molar-refractivity contribution in [3.63, 3.8) is 0 Å². The Morgan fingerprint density at radius 2 is 2.08 bits per heavy atom. The minimum atomic E-state index is -0.271. The van der Waals surface area contributed by atoms with E-state index in [4.69, 9.17) is 5.73 Å². The Balaban J connectivity index is 1.72. The van der Waals surface area contributed by atoms with Crippen LogP contribution in [-0.2, 0) is 6.54 Å². The number of likely N-dealkylation sites (tertiary alicyclic amines) is 1. The van der Waals surface area contributed by atoms with Gasteiger partial charge >= 0.3 is 0 Å². The molecule has 0 saturated carbocycles. The lowest BCUT2D eigenvalue weighted by Gasteiger charge is -2.16. The molecule has 1 aliphatic rings. The number of nitrogens with one attached hydrogen (secondary N) is 1. The van der Waals surface area contributed by atoms with Crippen molar-refractivity contribution in [1.82, 2.24) is 9.88 Å². The maximum absolute atomic E-state index is 12.4. The number of nitrogens with two attached hydrogens (primary N) is 1. The van der Waals surface area contributed by atoms with Gasteiger partial charge in [-0.3, -0.25) is 9.59 Å². The topological polar surface area (TPSA) is 88.3 Å². The molecule has 6 nitrogen and oxygen atoms in total. The summed E-state index contributed by atoms with van der Waals surface area (Å²) in [6, 6.07) is 5.35. The maximum atomic E-state index is 12.4. The number of hydrogen-bond donors (Lipinski definition) is 2. The highest BCUT2D eigenvalue weighted by Gasteiger charge is 2.20. The lowest BCUT2D eigenvalue weighted by Crippen LogP contribution is -2.27. The van der Waals surface area contributed by atoms with Gasteiger partial charge in [-0.05, 0) is 43.5 Å². The number of aryl methyl sites for hydroxylation is 1. The number of benzene rings is 1. The molecule has 0 aliphatic carbocycles. The zero-order chi connectivity index (χ0) is 17.1. The fraction of sp³-hybridized carbons (Fsp3) is 0.353. The van der Waals surface area contributed by atoms with Crippen molar-refractivity contribution < 1.29 is 9.59 Å². The summed E-state index contributed by atoms with van der Waals surface area (Å²) in [6.07, 6.45) is 2.13. The van der Waals surface area contributed by atoms with Gasteiger partial charge in [0.1, 0.15) is 10.7 Å². The second-order valence-electron chi connectivity index (χ2n) is 5.81. The number of carbonyl (C=O) groups is 2. The van der Waals surface area contributed by atoms with E-state index in [1.165, 1.54) is 11.3 Å². The van der Waals surface area contributed by atoms with Gasteiger partial charge in [0.2, 0.25) is 0 Å². The molecule has 2 amide bonds. The molecule has 2 heterocycles. The highest BCUT2D eigenvalue weighted by atomic mass is 32.1. The molecule has 126 valence electrons. The summed E-state index contributed by atoms with van der Waals surface area (Å²) in [7, 11) is 0. The van der Waals surface area contributed by atoms with Crippen LogP contribution in [0.25, 0.3) is 0 Å². The van der Waals surface area contributed by atoms with E-state index in [9.17, 15) is 9.59 Å². The molecule has 0 radical (unpaired) electrons. The Morgan fingerprint density at radius 3 is 2.71 bits per heavy atom. The van der Waals surface area contributed by atoms with Crippen molar-refractivity contribution in [1.29, 1.82) is 0 Å². The third-order valence-electron chi connectivity index (χ3n) is 4.07. The van der Waals surface area contributed by atoms with E-state index in [2.05, 4.69) is 10.3 Å². The molecular weight excluding hydrogens is 324 g/mol. The monoisotopic (exact) mass is 344 g/mol. The molecule has 1 aliphatic heterocycles. The molecule has 0 atom stereocenters. The van der Waals surface area contributed by atoms with Gasteiger partial charge in [0.05, 0.1) is 0 Å². The third kappa shape index (κ3) is 3.47. The molecular formula is C17H20N4O2S. The van der Waals surface area contributed by atoms with Crippen LogP contribution in [-0.4, -0.2) is 34.8 Å². The number of thiazole rings is 1. The van der Waals surface area contributed by atoms with Crippen LogP contribution in [0, 0.1) is 6.92 Å². The fourth-order valence-corrected chi connectivity index (χ4v) is 3.39. The molecule has 7 heteroatoms. The highest BCUT2D eigenvalue weighted by molar-refractivity contribution is 7.09. The van der Waals surface area contributed by atoms with Crippen LogP contribution in [0.5, 0.6) is 0 Å². The third-order valence-corrected chi connectivity index (χ3v) is 4.94. The van der Waals surface area contributed by atoms with E-state index < -0.39 is 0 Å². The largest absolute Gasteiger partial charge is 0.339 e. The van der Waals surface area contributed by atoms with Gasteiger partial charge < -0.3 is 16.0 Å². The number of amides is 2. The van der Waals surface area contributed by atoms with Gasteiger partial charge in [0, 0.05) is 36.3 Å². The van der Waals surface area contributed by atoms with Gasteiger partial charge in [0.15, 0.2) is 0 Å². The minimum Gasteiger partial charge on any atom is -0.339 e. The second-order valence-corrected chi connectivity index (χ2v) is 6.76. The first kappa shape index (κ1) is 16.6. The number of anilines is 1. The normalized spacial score (nSPS) is 14.0. The first-order valence-corrected chi connectivity index (χ1v) is 8.82. The molecule has 3 N–H and O–H groups in total. The summed E-state index contributed by atoms with van der Waals surface area (Å²) in [5.41, 5.74) is 8.06. The number of carbonyl (C=O) groups excluding carboxylic acids is 2. The van der Waals surface area contributed by atoms with Crippen molar-refractivity contribution in [3.8, 4) is 0 Å². The predicted molar refractivity (Wildman–Crippen MR) is 94.3 cm³/mol. The molecule has 0 spiro atoms. The molecule has 3 rings (SSSR count). The Kier molecular flexibility index (Phi) is 4.92. The van der Waals surface area contributed by atoms with Crippen molar-refractivity contribution in [2.45, 2.75) is 26.3 Å². The summed E-state index contributed by atoms with van der Waals surface area (Å²) >= 11 is 1.37. The second kappa shape index (κ2) is 7.11. The summed E-state index contributed by atoms with van der Waals surface area (Å²) in [4.78, 5) is 30.7. The van der Waals surface area contributed by atoms with Gasteiger partial charge in [-0.25, -0.2) is 4.98 Å². The molecule has 1 aromatic heterocycles. The number of rotatable bonds is 4. The summed E-state index contributed by atoms with van der Waals surface area (Å²) < 4.78 is 0. The van der Waals surface area contributed by atoms with Crippen LogP contribution in [0.2, 0.25) is 0 Å². The zero-order valence-electron chi connectivity index (χ0n) is 13.5. The molecule has 1 fully saturated rings. The fourth-order valence-electron chi connectivity index (χ4n) is 2.74. The highest BCUT2D eigenvalue weighted by Crippen LogP contribution is 2.20. The first-order valence-electron chi connectivity index (χ1n) is 7.94. The summed E-state index contributed by atoms with van der Waals surface area (Å²) in [5.74, 6) is -0.215. The van der Waals surface area contributed by atoms with E-state index in [0.29, 0.717) is 23.5 Å². The van der Waals surface area contributed by atoms with Crippen LogP contribution < -0.4 is 11.1 Å². The van der Waals surface area contributed by atoms with Crippen molar-refractivity contribution in [3.05, 3.63) is 45.4 Å². The lowest BCUT2D eigenvalue weighted by atomic mass is 10.1. The standard InChI is InChI=1S/C17H20N4O2S/c1-11-8-12(17(23)21-6-2-3-7-21)4-5-13(11)20-16(22)14-10-24-15(9-18)19-14/h4-5,8,10H,2-3,6-7,9,18H2,1H3,(H,20,22). The van der Waals surface area contributed by atoms with Crippen molar-refractivity contribution >= 4 is 28.8 Å². The predicted octanol–water partition coefficient (Wildman–Crippen LogP) is 2.40. The number of aromatic nitrogens is 1. The Morgan fingerprint density at radius 1 is 1.33 bits per heavy atom. The average Bonchev–Trinajstić information content (AvgIpc) is 3.27. The Hall–Kier alpha value is -2.25. The van der Waals surface area contributed by atoms with E-state index in [-0.39, 0.29) is 11.8 Å². The Labute approximate surface area is 144 Å². The van der Waals surface area contributed by atoms with Crippen LogP contribution in [0.3, 0.4) is 0 Å². The maximum Gasteiger partial charge on any atom is 0.275 e. The van der Waals surface area contributed by atoms with Crippen LogP contribution in [0.1, 0.15) is 44.3 Å². The molecule has 0 unspecified atom stereocenters. The van der Waals surface area contributed by atoms with Gasteiger partial charge in [-0.15, -0.1) is 11.3 Å². The van der Waals surface area contributed by atoms with Gasteiger partial charge in [-0.1, -0.05) is 0 Å². The van der Waals surface area contributed by atoms with Crippen LogP contribution >= 0.6 is 11.3 Å².